The quantitative estimate of drug-likeness (QED) is 0.317. The summed E-state index contributed by atoms with van der Waals surface area (Å²) in [4.78, 5) is 0. The molecule has 0 aromatic heterocycles. The first kappa shape index (κ1) is 27.3. The lowest BCUT2D eigenvalue weighted by Gasteiger charge is -2.25. The van der Waals surface area contributed by atoms with E-state index in [0.29, 0.717) is 12.1 Å². The average Bonchev–Trinajstić information content (AvgIpc) is 2.80. The van der Waals surface area contributed by atoms with Crippen LogP contribution >= 0.6 is 0 Å². The summed E-state index contributed by atoms with van der Waals surface area (Å²) in [6.45, 7) is -1.09. The molecule has 0 aliphatic heterocycles. The van der Waals surface area contributed by atoms with E-state index in [1.807, 2.05) is 0 Å². The zero-order valence-corrected chi connectivity index (χ0v) is 18.0. The van der Waals surface area contributed by atoms with E-state index in [1.54, 1.807) is 0 Å². The molecule has 0 aliphatic carbocycles. The number of hydrogen-bond donors (Lipinski definition) is 2. The molecule has 2 N–H and O–H groups in total. The van der Waals surface area contributed by atoms with Crippen LogP contribution in [0.3, 0.4) is 0 Å². The average molecular weight is 523 g/mol. The molecule has 3 rings (SSSR count). The molecule has 2 atom stereocenters. The number of alkyl halides is 8. The van der Waals surface area contributed by atoms with Gasteiger partial charge in [-0.2, -0.15) is 35.1 Å². The standard InChI is InChI=1S/C24H18F9NO2/c25-17-7-9-18(10-8-17)36-19-6-2-4-15(12-19)21(34-13-20(35)23(28,29)30)14-3-1-5-16(11-14)22(26,27)24(31,32)33/h1-12,20-21,34-35H,13H2. The number of aliphatic hydroxyl groups is 1. The predicted octanol–water partition coefficient (Wildman–Crippen LogP) is 6.87. The number of ether oxygens (including phenoxy) is 1. The van der Waals surface area contributed by atoms with Crippen LogP contribution in [0.25, 0.3) is 0 Å². The Balaban J connectivity index is 1.99. The fourth-order valence-electron chi connectivity index (χ4n) is 3.25. The number of rotatable bonds is 8. The summed E-state index contributed by atoms with van der Waals surface area (Å²) in [5, 5.41) is 11.8. The third-order valence-corrected chi connectivity index (χ3v) is 5.07. The van der Waals surface area contributed by atoms with Crippen LogP contribution in [0.4, 0.5) is 39.5 Å². The summed E-state index contributed by atoms with van der Waals surface area (Å²) in [7, 11) is 0. The van der Waals surface area contributed by atoms with Crippen molar-refractivity contribution in [3.8, 4) is 11.5 Å². The van der Waals surface area contributed by atoms with Gasteiger partial charge in [0.15, 0.2) is 6.10 Å². The van der Waals surface area contributed by atoms with E-state index in [2.05, 4.69) is 5.32 Å². The maximum absolute atomic E-state index is 13.9. The van der Waals surface area contributed by atoms with Gasteiger partial charge >= 0.3 is 18.3 Å². The molecule has 3 aromatic carbocycles. The molecule has 3 nitrogen and oxygen atoms in total. The SMILES string of the molecule is OC(CNC(c1cccc(Oc2ccc(F)cc2)c1)c1cccc(C(F)(F)C(F)(F)F)c1)C(F)(F)F. The monoisotopic (exact) mass is 523 g/mol. The number of nitrogens with one attached hydrogen (secondary N) is 1. The van der Waals surface area contributed by atoms with Crippen LogP contribution in [0.2, 0.25) is 0 Å². The van der Waals surface area contributed by atoms with Crippen molar-refractivity contribution in [3.05, 3.63) is 95.3 Å². The molecule has 3 aromatic rings. The maximum Gasteiger partial charge on any atom is 0.458 e. The van der Waals surface area contributed by atoms with Crippen LogP contribution in [0, 0.1) is 5.82 Å². The third kappa shape index (κ3) is 6.49. The summed E-state index contributed by atoms with van der Waals surface area (Å²) in [5.74, 6) is -5.41. The summed E-state index contributed by atoms with van der Waals surface area (Å²) < 4.78 is 124. The van der Waals surface area contributed by atoms with E-state index in [0.717, 1.165) is 24.3 Å². The summed E-state index contributed by atoms with van der Waals surface area (Å²) in [6.07, 6.45) is -13.7. The van der Waals surface area contributed by atoms with Crippen LogP contribution in [-0.2, 0) is 5.92 Å². The zero-order valence-electron chi connectivity index (χ0n) is 18.0. The Hall–Kier alpha value is -3.25. The molecule has 0 saturated carbocycles. The van der Waals surface area contributed by atoms with Gasteiger partial charge in [-0.1, -0.05) is 30.3 Å². The number of benzene rings is 3. The first-order valence-corrected chi connectivity index (χ1v) is 10.2. The lowest BCUT2D eigenvalue weighted by molar-refractivity contribution is -0.289. The van der Waals surface area contributed by atoms with Gasteiger partial charge in [0, 0.05) is 12.1 Å². The van der Waals surface area contributed by atoms with E-state index in [1.165, 1.54) is 36.4 Å². The van der Waals surface area contributed by atoms with Crippen LogP contribution in [0.15, 0.2) is 72.8 Å². The molecule has 0 bridgehead atoms. The van der Waals surface area contributed by atoms with Crippen molar-refractivity contribution >= 4 is 0 Å². The molecule has 0 spiro atoms. The molecule has 0 radical (unpaired) electrons. The van der Waals surface area contributed by atoms with Crippen LogP contribution < -0.4 is 10.1 Å². The van der Waals surface area contributed by atoms with E-state index in [4.69, 9.17) is 4.74 Å². The Morgan fingerprint density at radius 2 is 1.33 bits per heavy atom. The summed E-state index contributed by atoms with van der Waals surface area (Å²) in [5.41, 5.74) is -1.49. The molecule has 0 heterocycles. The fraction of sp³-hybridized carbons (Fsp3) is 0.250. The largest absolute Gasteiger partial charge is 0.458 e. The zero-order chi connectivity index (χ0) is 26.7. The van der Waals surface area contributed by atoms with Gasteiger partial charge in [-0.3, -0.25) is 0 Å². The molecule has 0 fully saturated rings. The highest BCUT2D eigenvalue weighted by atomic mass is 19.4. The van der Waals surface area contributed by atoms with Gasteiger partial charge in [0.25, 0.3) is 0 Å². The van der Waals surface area contributed by atoms with Crippen LogP contribution in [0.5, 0.6) is 11.5 Å². The van der Waals surface area contributed by atoms with Crippen LogP contribution in [0.1, 0.15) is 22.7 Å². The second-order valence-electron chi connectivity index (χ2n) is 7.72. The van der Waals surface area contributed by atoms with Crippen molar-refractivity contribution in [1.82, 2.24) is 5.32 Å². The van der Waals surface area contributed by atoms with Gasteiger partial charge in [0.2, 0.25) is 0 Å². The molecule has 194 valence electrons. The minimum Gasteiger partial charge on any atom is -0.457 e. The topological polar surface area (TPSA) is 41.5 Å². The molecule has 0 aliphatic rings. The molecular formula is C24H18F9NO2. The highest BCUT2D eigenvalue weighted by Gasteiger charge is 2.58. The van der Waals surface area contributed by atoms with Gasteiger partial charge < -0.3 is 15.2 Å². The lowest BCUT2D eigenvalue weighted by Crippen LogP contribution is -2.40. The second kappa shape index (κ2) is 10.4. The van der Waals surface area contributed by atoms with Gasteiger partial charge in [-0.15, -0.1) is 0 Å². The molecule has 36 heavy (non-hydrogen) atoms. The lowest BCUT2D eigenvalue weighted by atomic mass is 9.95. The van der Waals surface area contributed by atoms with Crippen molar-refractivity contribution in [1.29, 1.82) is 0 Å². The minimum absolute atomic E-state index is 0.124. The molecular weight excluding hydrogens is 505 g/mol. The van der Waals surface area contributed by atoms with E-state index in [-0.39, 0.29) is 22.6 Å². The van der Waals surface area contributed by atoms with Crippen molar-refractivity contribution in [2.24, 2.45) is 0 Å². The van der Waals surface area contributed by atoms with E-state index in [9.17, 15) is 44.6 Å². The van der Waals surface area contributed by atoms with Crippen LogP contribution in [-0.4, -0.2) is 30.1 Å². The Kier molecular flexibility index (Phi) is 7.89. The molecule has 2 unspecified atom stereocenters. The van der Waals surface area contributed by atoms with E-state index < -0.39 is 48.3 Å². The smallest absolute Gasteiger partial charge is 0.457 e. The Bertz CT molecular complexity index is 1160. The molecule has 0 saturated heterocycles. The van der Waals surface area contributed by atoms with Crippen molar-refractivity contribution in [3.63, 3.8) is 0 Å². The number of hydrogen-bond acceptors (Lipinski definition) is 3. The number of halogens is 9. The van der Waals surface area contributed by atoms with Gasteiger partial charge in [0.1, 0.15) is 17.3 Å². The normalized spacial score (nSPS) is 14.4. The second-order valence-corrected chi connectivity index (χ2v) is 7.72. The maximum atomic E-state index is 13.9. The van der Waals surface area contributed by atoms with Crippen molar-refractivity contribution in [2.75, 3.05) is 6.54 Å². The Labute approximate surface area is 199 Å². The highest BCUT2D eigenvalue weighted by Crippen LogP contribution is 2.44. The Morgan fingerprint density at radius 1 is 0.750 bits per heavy atom. The van der Waals surface area contributed by atoms with E-state index >= 15 is 0 Å². The molecule has 12 heteroatoms. The van der Waals surface area contributed by atoms with Gasteiger partial charge in [-0.25, -0.2) is 4.39 Å². The predicted molar refractivity (Wildman–Crippen MR) is 111 cm³/mol. The van der Waals surface area contributed by atoms with Crippen molar-refractivity contribution in [2.45, 2.75) is 30.4 Å². The first-order chi connectivity index (χ1) is 16.7. The van der Waals surface area contributed by atoms with Gasteiger partial charge in [-0.05, 0) is 53.6 Å². The van der Waals surface area contributed by atoms with Gasteiger partial charge in [0.05, 0.1) is 6.04 Å². The number of aliphatic hydroxyl groups excluding tert-OH is 1. The summed E-state index contributed by atoms with van der Waals surface area (Å²) >= 11 is 0. The first-order valence-electron chi connectivity index (χ1n) is 10.2. The third-order valence-electron chi connectivity index (χ3n) is 5.07. The minimum atomic E-state index is -5.90. The Morgan fingerprint density at radius 3 is 1.92 bits per heavy atom. The highest BCUT2D eigenvalue weighted by molar-refractivity contribution is 5.40. The van der Waals surface area contributed by atoms with Crippen molar-refractivity contribution < 1.29 is 49.4 Å². The summed E-state index contributed by atoms with van der Waals surface area (Å²) in [6, 6.07) is 12.2. The molecule has 0 amide bonds. The fourth-order valence-corrected chi connectivity index (χ4v) is 3.25.